The van der Waals surface area contributed by atoms with E-state index >= 15 is 0 Å². The number of allylic oxidation sites excluding steroid dienone is 3. The van der Waals surface area contributed by atoms with E-state index in [2.05, 4.69) is 0 Å². The fraction of sp³-hybridized carbons (Fsp3) is 0.636. The van der Waals surface area contributed by atoms with Crippen LogP contribution in [0.5, 0.6) is 0 Å². The lowest BCUT2D eigenvalue weighted by atomic mass is 10.5. The summed E-state index contributed by atoms with van der Waals surface area (Å²) in [5.41, 5.74) is 1.92. The fourth-order valence-corrected chi connectivity index (χ4v) is 3.25. The molecule has 0 aromatic carbocycles. The van der Waals surface area contributed by atoms with Crippen molar-refractivity contribution in [3.63, 3.8) is 0 Å². The lowest BCUT2D eigenvalue weighted by Crippen LogP contribution is -2.44. The quantitative estimate of drug-likeness (QED) is 0.474. The molecule has 15 heavy (non-hydrogen) atoms. The maximum atomic E-state index is 5.63. The van der Waals surface area contributed by atoms with Gasteiger partial charge in [0.25, 0.3) is 0 Å². The van der Waals surface area contributed by atoms with Gasteiger partial charge in [-0.25, -0.2) is 0 Å². The standard InChI is InChI=1S/C11H22O3Si/c1-5-9-10-11-15(12-6-2,13-7-3)14-8-4/h5,9-11H,6-8H2,1-4H3. The molecule has 0 aliphatic rings. The van der Waals surface area contributed by atoms with Crippen molar-refractivity contribution in [3.8, 4) is 0 Å². The molecular formula is C11H22O3Si. The minimum absolute atomic E-state index is 0.604. The molecule has 3 nitrogen and oxygen atoms in total. The van der Waals surface area contributed by atoms with E-state index in [1.807, 2.05) is 51.6 Å². The van der Waals surface area contributed by atoms with Crippen LogP contribution in [0.2, 0.25) is 0 Å². The molecule has 0 amide bonds. The smallest absolute Gasteiger partial charge is 0.371 e. The highest BCUT2D eigenvalue weighted by Crippen LogP contribution is 2.11. The summed E-state index contributed by atoms with van der Waals surface area (Å²) in [6, 6.07) is 0. The second kappa shape index (κ2) is 8.85. The van der Waals surface area contributed by atoms with Crippen molar-refractivity contribution in [3.05, 3.63) is 23.9 Å². The molecule has 0 saturated heterocycles. The van der Waals surface area contributed by atoms with Gasteiger partial charge < -0.3 is 13.3 Å². The SMILES string of the molecule is CC=CC=C[Si](OCC)(OCC)OCC. The first-order valence-electron chi connectivity index (χ1n) is 5.47. The van der Waals surface area contributed by atoms with Crippen LogP contribution in [0.3, 0.4) is 0 Å². The Labute approximate surface area is 94.1 Å². The van der Waals surface area contributed by atoms with Crippen LogP contribution in [0.15, 0.2) is 23.9 Å². The molecule has 4 heteroatoms. The number of hydrogen-bond acceptors (Lipinski definition) is 3. The Morgan fingerprint density at radius 1 is 0.867 bits per heavy atom. The lowest BCUT2D eigenvalue weighted by molar-refractivity contribution is 0.0843. The van der Waals surface area contributed by atoms with Gasteiger partial charge in [0.2, 0.25) is 0 Å². The van der Waals surface area contributed by atoms with Crippen LogP contribution in [0.25, 0.3) is 0 Å². The Kier molecular flexibility index (Phi) is 8.60. The van der Waals surface area contributed by atoms with Crippen LogP contribution in [-0.4, -0.2) is 28.6 Å². The number of hydrogen-bond donors (Lipinski definition) is 0. The molecule has 0 saturated carbocycles. The summed E-state index contributed by atoms with van der Waals surface area (Å²) in [6.45, 7) is 9.62. The van der Waals surface area contributed by atoms with Gasteiger partial charge in [0.15, 0.2) is 0 Å². The highest BCUT2D eigenvalue weighted by atomic mass is 28.4. The molecule has 0 radical (unpaired) electrons. The summed E-state index contributed by atoms with van der Waals surface area (Å²) in [5, 5.41) is 0. The average molecular weight is 230 g/mol. The summed E-state index contributed by atoms with van der Waals surface area (Å²) < 4.78 is 16.9. The molecule has 0 aromatic rings. The van der Waals surface area contributed by atoms with Gasteiger partial charge in [0.1, 0.15) is 0 Å². The monoisotopic (exact) mass is 230 g/mol. The van der Waals surface area contributed by atoms with Crippen molar-refractivity contribution in [2.45, 2.75) is 27.7 Å². The Morgan fingerprint density at radius 2 is 1.33 bits per heavy atom. The van der Waals surface area contributed by atoms with Gasteiger partial charge in [-0.15, -0.1) is 0 Å². The molecule has 0 aliphatic heterocycles. The Balaban J connectivity index is 4.58. The van der Waals surface area contributed by atoms with Gasteiger partial charge in [0.05, 0.1) is 0 Å². The molecule has 0 rings (SSSR count). The van der Waals surface area contributed by atoms with E-state index in [0.29, 0.717) is 19.8 Å². The van der Waals surface area contributed by atoms with Crippen LogP contribution in [0, 0.1) is 0 Å². The van der Waals surface area contributed by atoms with Crippen LogP contribution in [0.1, 0.15) is 27.7 Å². The van der Waals surface area contributed by atoms with E-state index in [1.54, 1.807) is 0 Å². The molecule has 0 N–H and O–H groups in total. The third-order valence-electron chi connectivity index (χ3n) is 1.64. The van der Waals surface area contributed by atoms with E-state index < -0.39 is 8.80 Å². The minimum atomic E-state index is -2.56. The zero-order valence-corrected chi connectivity index (χ0v) is 11.2. The summed E-state index contributed by atoms with van der Waals surface area (Å²) in [7, 11) is -2.56. The third kappa shape index (κ3) is 5.89. The molecule has 88 valence electrons. The zero-order chi connectivity index (χ0) is 11.6. The predicted octanol–water partition coefficient (Wildman–Crippen LogP) is 2.71. The Hall–Kier alpha value is -0.423. The van der Waals surface area contributed by atoms with E-state index in [4.69, 9.17) is 13.3 Å². The van der Waals surface area contributed by atoms with Crippen molar-refractivity contribution in [1.82, 2.24) is 0 Å². The minimum Gasteiger partial charge on any atom is -0.371 e. The van der Waals surface area contributed by atoms with Crippen LogP contribution in [0.4, 0.5) is 0 Å². The van der Waals surface area contributed by atoms with E-state index in [-0.39, 0.29) is 0 Å². The maximum absolute atomic E-state index is 5.63. The molecule has 0 fully saturated rings. The summed E-state index contributed by atoms with van der Waals surface area (Å²) in [6.07, 6.45) is 5.82. The van der Waals surface area contributed by atoms with E-state index in [9.17, 15) is 0 Å². The average Bonchev–Trinajstić information content (AvgIpc) is 2.19. The molecule has 0 aliphatic carbocycles. The van der Waals surface area contributed by atoms with Gasteiger partial charge in [0, 0.05) is 19.8 Å². The fourth-order valence-electron chi connectivity index (χ4n) is 1.16. The Bertz CT molecular complexity index is 185. The third-order valence-corrected chi connectivity index (χ3v) is 4.31. The van der Waals surface area contributed by atoms with Gasteiger partial charge in [-0.05, 0) is 33.4 Å². The first kappa shape index (κ1) is 14.6. The summed E-state index contributed by atoms with van der Waals surface area (Å²) in [5.74, 6) is 0. The molecule has 0 aromatic heterocycles. The second-order valence-corrected chi connectivity index (χ2v) is 5.19. The summed E-state index contributed by atoms with van der Waals surface area (Å²) >= 11 is 0. The van der Waals surface area contributed by atoms with Gasteiger partial charge in [-0.3, -0.25) is 0 Å². The van der Waals surface area contributed by atoms with Crippen LogP contribution in [-0.2, 0) is 13.3 Å². The summed E-state index contributed by atoms with van der Waals surface area (Å²) in [4.78, 5) is 0. The van der Waals surface area contributed by atoms with E-state index in [0.717, 1.165) is 0 Å². The van der Waals surface area contributed by atoms with Gasteiger partial charge >= 0.3 is 8.80 Å². The van der Waals surface area contributed by atoms with Crippen molar-refractivity contribution in [2.75, 3.05) is 19.8 Å². The molecular weight excluding hydrogens is 208 g/mol. The van der Waals surface area contributed by atoms with Crippen molar-refractivity contribution in [2.24, 2.45) is 0 Å². The van der Waals surface area contributed by atoms with Crippen molar-refractivity contribution < 1.29 is 13.3 Å². The molecule has 0 heterocycles. The first-order valence-corrected chi connectivity index (χ1v) is 7.27. The van der Waals surface area contributed by atoms with Crippen LogP contribution >= 0.6 is 0 Å². The maximum Gasteiger partial charge on any atom is 0.529 e. The second-order valence-electron chi connectivity index (χ2n) is 2.79. The van der Waals surface area contributed by atoms with Gasteiger partial charge in [-0.2, -0.15) is 0 Å². The van der Waals surface area contributed by atoms with Gasteiger partial charge in [-0.1, -0.05) is 18.2 Å². The van der Waals surface area contributed by atoms with Crippen molar-refractivity contribution in [1.29, 1.82) is 0 Å². The largest absolute Gasteiger partial charge is 0.529 e. The topological polar surface area (TPSA) is 27.7 Å². The van der Waals surface area contributed by atoms with Crippen LogP contribution < -0.4 is 0 Å². The molecule has 0 unspecified atom stereocenters. The molecule has 0 bridgehead atoms. The molecule has 0 atom stereocenters. The normalized spacial score (nSPS) is 13.1. The predicted molar refractivity (Wildman–Crippen MR) is 64.6 cm³/mol. The molecule has 0 spiro atoms. The highest BCUT2D eigenvalue weighted by molar-refractivity contribution is 6.66. The number of rotatable bonds is 8. The van der Waals surface area contributed by atoms with Crippen molar-refractivity contribution >= 4 is 8.80 Å². The lowest BCUT2D eigenvalue weighted by Gasteiger charge is -2.24. The van der Waals surface area contributed by atoms with E-state index in [1.165, 1.54) is 0 Å². The zero-order valence-electron chi connectivity index (χ0n) is 10.2. The first-order chi connectivity index (χ1) is 7.24. The highest BCUT2D eigenvalue weighted by Gasteiger charge is 2.37. The Morgan fingerprint density at radius 3 is 1.67 bits per heavy atom.